The Morgan fingerprint density at radius 2 is 0.857 bits per heavy atom. The van der Waals surface area contributed by atoms with E-state index in [1.165, 1.54) is 0 Å². The molecule has 0 aromatic heterocycles. The third-order valence-electron chi connectivity index (χ3n) is 0. The maximum Gasteiger partial charge on any atom is 1.00 e. The molecule has 0 aromatic rings. The number of halogens is 1. The molecule has 0 aromatic carbocycles. The summed E-state index contributed by atoms with van der Waals surface area (Å²) in [6, 6.07) is 0. The molecule has 0 saturated heterocycles. The molecule has 0 aliphatic heterocycles. The van der Waals surface area contributed by atoms with Crippen molar-refractivity contribution >= 4 is 8.41 Å². The van der Waals surface area contributed by atoms with Gasteiger partial charge in [-0.1, -0.05) is 0 Å². The van der Waals surface area contributed by atoms with Gasteiger partial charge in [-0.3, -0.25) is 0 Å². The summed E-state index contributed by atoms with van der Waals surface area (Å²) in [5.74, 6) is 0. The molecule has 7 heteroatoms. The Balaban J connectivity index is -0.0000000800. The standard InChI is InChI=1S/BH3.ClHO4.K/c;2-1(3,4)5;/h1H3;(H,2,3,4,5);/q;;+1/p-1. The van der Waals surface area contributed by atoms with Crippen molar-refractivity contribution in [2.45, 2.75) is 0 Å². The first-order valence-electron chi connectivity index (χ1n) is 0.617. The van der Waals surface area contributed by atoms with E-state index in [0.29, 0.717) is 0 Å². The summed E-state index contributed by atoms with van der Waals surface area (Å²) >= 11 is 0. The van der Waals surface area contributed by atoms with E-state index in [-0.39, 0.29) is 59.8 Å². The second-order valence-corrected chi connectivity index (χ2v) is 1.13. The van der Waals surface area contributed by atoms with E-state index in [2.05, 4.69) is 0 Å². The van der Waals surface area contributed by atoms with Gasteiger partial charge in [0, 0.05) is 0 Å². The van der Waals surface area contributed by atoms with Crippen molar-refractivity contribution in [3.05, 3.63) is 0 Å². The molecule has 0 aliphatic carbocycles. The van der Waals surface area contributed by atoms with Crippen LogP contribution in [0.3, 0.4) is 0 Å². The Hall–Kier alpha value is 1.83. The molecule has 0 N–H and O–H groups in total. The second-order valence-electron chi connectivity index (χ2n) is 0.378. The number of hydrogen-bond acceptors (Lipinski definition) is 4. The van der Waals surface area contributed by atoms with E-state index in [1.807, 2.05) is 0 Å². The molecule has 0 amide bonds. The molecular weight excluding hydrogens is 149 g/mol. The topological polar surface area (TPSA) is 92.2 Å². The van der Waals surface area contributed by atoms with Crippen molar-refractivity contribution in [2.75, 3.05) is 0 Å². The summed E-state index contributed by atoms with van der Waals surface area (Å²) in [6.07, 6.45) is 0. The Morgan fingerprint density at radius 3 is 0.857 bits per heavy atom. The van der Waals surface area contributed by atoms with E-state index in [9.17, 15) is 0 Å². The minimum atomic E-state index is -4.94. The minimum absolute atomic E-state index is 0. The van der Waals surface area contributed by atoms with Crippen LogP contribution in [0.15, 0.2) is 0 Å². The normalized spacial score (nSPS) is 8.57. The van der Waals surface area contributed by atoms with Crippen LogP contribution in [-0.4, -0.2) is 8.41 Å². The van der Waals surface area contributed by atoms with Crippen LogP contribution in [0.5, 0.6) is 0 Å². The van der Waals surface area contributed by atoms with Gasteiger partial charge < -0.3 is 0 Å². The zero-order valence-corrected chi connectivity index (χ0v) is 6.89. The summed E-state index contributed by atoms with van der Waals surface area (Å²) < 4.78 is 34.0. The average molecular weight is 152 g/mol. The van der Waals surface area contributed by atoms with Gasteiger partial charge in [-0.2, -0.15) is 0 Å². The molecule has 4 nitrogen and oxygen atoms in total. The van der Waals surface area contributed by atoms with Crippen LogP contribution < -0.4 is 70.0 Å². The van der Waals surface area contributed by atoms with Crippen molar-refractivity contribution in [1.82, 2.24) is 0 Å². The van der Waals surface area contributed by atoms with Gasteiger partial charge in [0.2, 0.25) is 0 Å². The fourth-order valence-electron chi connectivity index (χ4n) is 0. The van der Waals surface area contributed by atoms with Crippen molar-refractivity contribution in [1.29, 1.82) is 0 Å². The first-order chi connectivity index (χ1) is 2.00. The number of rotatable bonds is 0. The van der Waals surface area contributed by atoms with Gasteiger partial charge >= 0.3 is 51.4 Å². The van der Waals surface area contributed by atoms with Crippen molar-refractivity contribution < 1.29 is 80.3 Å². The van der Waals surface area contributed by atoms with Crippen LogP contribution in [0.2, 0.25) is 0 Å². The Labute approximate surface area is 87.3 Å². The number of hydrogen-bond donors (Lipinski definition) is 0. The molecule has 0 spiro atoms. The molecule has 0 fully saturated rings. The van der Waals surface area contributed by atoms with Gasteiger partial charge in [0.15, 0.2) is 0 Å². The molecule has 0 rings (SSSR count). The van der Waals surface area contributed by atoms with E-state index < -0.39 is 10.2 Å². The van der Waals surface area contributed by atoms with E-state index in [1.54, 1.807) is 0 Å². The molecule has 7 heavy (non-hydrogen) atoms. The summed E-state index contributed by atoms with van der Waals surface area (Å²) in [5, 5.41) is 0. The second kappa shape index (κ2) is 5.96. The van der Waals surface area contributed by atoms with E-state index in [0.717, 1.165) is 0 Å². The van der Waals surface area contributed by atoms with Crippen molar-refractivity contribution in [2.24, 2.45) is 0 Å². The van der Waals surface area contributed by atoms with Gasteiger partial charge in [0.1, 0.15) is 0 Å². The zero-order valence-electron chi connectivity index (χ0n) is 3.01. The molecule has 0 atom stereocenters. The molecular formula is H3BClKO4. The summed E-state index contributed by atoms with van der Waals surface area (Å²) in [4.78, 5) is 0. The molecule has 0 bridgehead atoms. The predicted molar refractivity (Wildman–Crippen MR) is 9.94 cm³/mol. The van der Waals surface area contributed by atoms with Crippen LogP contribution in [0.4, 0.5) is 0 Å². The van der Waals surface area contributed by atoms with Gasteiger partial charge in [0.05, 0.1) is 8.41 Å². The molecule has 0 radical (unpaired) electrons. The summed E-state index contributed by atoms with van der Waals surface area (Å²) in [5.41, 5.74) is 0. The molecule has 38 valence electrons. The van der Waals surface area contributed by atoms with Crippen LogP contribution in [0, 0.1) is 10.2 Å². The zero-order chi connectivity index (χ0) is 4.50. The Kier molecular flexibility index (Phi) is 13.6. The summed E-state index contributed by atoms with van der Waals surface area (Å²) in [6.45, 7) is 0. The van der Waals surface area contributed by atoms with Crippen LogP contribution in [0.25, 0.3) is 0 Å². The van der Waals surface area contributed by atoms with Gasteiger partial charge in [-0.25, -0.2) is 18.6 Å². The fourth-order valence-corrected chi connectivity index (χ4v) is 0. The molecule has 0 unspecified atom stereocenters. The van der Waals surface area contributed by atoms with Gasteiger partial charge in [0.25, 0.3) is 0 Å². The average Bonchev–Trinajstić information content (AvgIpc) is 0.722. The van der Waals surface area contributed by atoms with E-state index >= 15 is 0 Å². The van der Waals surface area contributed by atoms with Crippen LogP contribution in [-0.2, 0) is 0 Å². The monoisotopic (exact) mass is 152 g/mol. The van der Waals surface area contributed by atoms with Crippen LogP contribution >= 0.6 is 0 Å². The first-order valence-corrected chi connectivity index (χ1v) is 1.85. The van der Waals surface area contributed by atoms with Crippen molar-refractivity contribution in [3.8, 4) is 0 Å². The predicted octanol–water partition coefficient (Wildman–Crippen LogP) is -8.94. The largest absolute Gasteiger partial charge is 1.00 e. The molecule has 0 aliphatic rings. The minimum Gasteiger partial charge on any atom is -0.222 e. The Morgan fingerprint density at radius 1 is 0.857 bits per heavy atom. The molecule has 0 saturated carbocycles. The van der Waals surface area contributed by atoms with Gasteiger partial charge in [-0.05, 0) is 0 Å². The third-order valence-corrected chi connectivity index (χ3v) is 0. The SMILES string of the molecule is B.[K+].[O-][Cl+3]([O-])([O-])[O-]. The Bertz CT molecular complexity index is 27.2. The van der Waals surface area contributed by atoms with Crippen LogP contribution in [0.1, 0.15) is 0 Å². The quantitative estimate of drug-likeness (QED) is 0.322. The van der Waals surface area contributed by atoms with Gasteiger partial charge in [-0.15, -0.1) is 10.2 Å². The summed E-state index contributed by atoms with van der Waals surface area (Å²) in [7, 11) is -4.94. The third kappa shape index (κ3) is 79.4. The smallest absolute Gasteiger partial charge is 0.222 e. The first kappa shape index (κ1) is 15.9. The molecule has 0 heterocycles. The fraction of sp³-hybridized carbons (Fsp3) is 0. The maximum atomic E-state index is 8.49. The van der Waals surface area contributed by atoms with E-state index in [4.69, 9.17) is 18.6 Å². The maximum absolute atomic E-state index is 8.49. The van der Waals surface area contributed by atoms with Crippen molar-refractivity contribution in [3.63, 3.8) is 0 Å².